The molecule has 0 atom stereocenters. The van der Waals surface area contributed by atoms with Crippen LogP contribution >= 0.6 is 11.8 Å². The lowest BCUT2D eigenvalue weighted by Gasteiger charge is -2.04. The molecule has 0 heterocycles. The van der Waals surface area contributed by atoms with Gasteiger partial charge in [-0.15, -0.1) is 11.8 Å². The Morgan fingerprint density at radius 3 is 2.59 bits per heavy atom. The van der Waals surface area contributed by atoms with Crippen LogP contribution in [0.15, 0.2) is 58.5 Å². The van der Waals surface area contributed by atoms with E-state index in [9.17, 15) is 14.3 Å². The fourth-order valence-electron chi connectivity index (χ4n) is 1.65. The fourth-order valence-corrected chi connectivity index (χ4v) is 2.38. The molecule has 2 aromatic carbocycles. The van der Waals surface area contributed by atoms with E-state index < -0.39 is 0 Å². The number of hydrazone groups is 1. The summed E-state index contributed by atoms with van der Waals surface area (Å²) in [6.07, 6.45) is 0. The molecule has 0 aliphatic carbocycles. The van der Waals surface area contributed by atoms with Crippen LogP contribution in [-0.4, -0.2) is 22.5 Å². The maximum absolute atomic E-state index is 13.4. The van der Waals surface area contributed by atoms with Gasteiger partial charge in [-0.25, -0.2) is 9.82 Å². The first-order chi connectivity index (χ1) is 10.6. The van der Waals surface area contributed by atoms with Gasteiger partial charge in [-0.3, -0.25) is 4.79 Å². The third kappa shape index (κ3) is 4.60. The van der Waals surface area contributed by atoms with Crippen molar-refractivity contribution in [2.45, 2.75) is 11.8 Å². The predicted octanol–water partition coefficient (Wildman–Crippen LogP) is 3.16. The topological polar surface area (TPSA) is 61.7 Å². The first-order valence-electron chi connectivity index (χ1n) is 6.56. The molecule has 2 N–H and O–H groups in total. The number of thioether (sulfide) groups is 1. The van der Waals surface area contributed by atoms with Crippen molar-refractivity contribution in [2.75, 3.05) is 5.75 Å². The molecule has 0 aliphatic rings. The van der Waals surface area contributed by atoms with Crippen molar-refractivity contribution in [3.63, 3.8) is 0 Å². The zero-order valence-electron chi connectivity index (χ0n) is 11.9. The molecule has 0 fully saturated rings. The number of phenolic OH excluding ortho intramolecular Hbond substituents is 1. The van der Waals surface area contributed by atoms with Gasteiger partial charge < -0.3 is 5.11 Å². The molecule has 22 heavy (non-hydrogen) atoms. The van der Waals surface area contributed by atoms with Gasteiger partial charge in [0.05, 0.1) is 11.5 Å². The van der Waals surface area contributed by atoms with Gasteiger partial charge in [0.25, 0.3) is 0 Å². The highest BCUT2D eigenvalue weighted by Crippen LogP contribution is 2.20. The third-order valence-corrected chi connectivity index (χ3v) is 3.88. The minimum Gasteiger partial charge on any atom is -0.508 e. The first kappa shape index (κ1) is 16.0. The smallest absolute Gasteiger partial charge is 0.250 e. The van der Waals surface area contributed by atoms with E-state index in [1.54, 1.807) is 49.4 Å². The lowest BCUT2D eigenvalue weighted by molar-refractivity contribution is -0.118. The molecule has 0 radical (unpaired) electrons. The van der Waals surface area contributed by atoms with Gasteiger partial charge in [0.1, 0.15) is 11.6 Å². The SMILES string of the molecule is C/C(=N\NC(=O)CSc1ccccc1F)c1ccc(O)cc1. The van der Waals surface area contributed by atoms with E-state index in [2.05, 4.69) is 10.5 Å². The van der Waals surface area contributed by atoms with E-state index in [1.165, 1.54) is 6.07 Å². The maximum atomic E-state index is 13.4. The maximum Gasteiger partial charge on any atom is 0.250 e. The highest BCUT2D eigenvalue weighted by atomic mass is 32.2. The van der Waals surface area contributed by atoms with Crippen LogP contribution in [0.1, 0.15) is 12.5 Å². The quantitative estimate of drug-likeness (QED) is 0.506. The number of benzene rings is 2. The fraction of sp³-hybridized carbons (Fsp3) is 0.125. The monoisotopic (exact) mass is 318 g/mol. The number of rotatable bonds is 5. The van der Waals surface area contributed by atoms with Gasteiger partial charge in [-0.2, -0.15) is 5.10 Å². The third-order valence-electron chi connectivity index (χ3n) is 2.83. The van der Waals surface area contributed by atoms with Crippen molar-refractivity contribution < 1.29 is 14.3 Å². The minimum absolute atomic E-state index is 0.0767. The average molecular weight is 318 g/mol. The van der Waals surface area contributed by atoms with Gasteiger partial charge in [-0.1, -0.05) is 12.1 Å². The lowest BCUT2D eigenvalue weighted by Crippen LogP contribution is -2.21. The van der Waals surface area contributed by atoms with E-state index in [1.807, 2.05) is 0 Å². The highest BCUT2D eigenvalue weighted by Gasteiger charge is 2.06. The van der Waals surface area contributed by atoms with Crippen molar-refractivity contribution in [1.82, 2.24) is 5.43 Å². The van der Waals surface area contributed by atoms with Gasteiger partial charge >= 0.3 is 0 Å². The van der Waals surface area contributed by atoms with E-state index in [4.69, 9.17) is 0 Å². The van der Waals surface area contributed by atoms with Crippen molar-refractivity contribution in [1.29, 1.82) is 0 Å². The summed E-state index contributed by atoms with van der Waals surface area (Å²) < 4.78 is 13.4. The molecule has 0 saturated carbocycles. The van der Waals surface area contributed by atoms with Crippen LogP contribution in [0.4, 0.5) is 4.39 Å². The summed E-state index contributed by atoms with van der Waals surface area (Å²) in [4.78, 5) is 12.1. The number of aromatic hydroxyl groups is 1. The van der Waals surface area contributed by atoms with Crippen molar-refractivity contribution in [3.05, 3.63) is 59.9 Å². The Kier molecular flexibility index (Phi) is 5.55. The summed E-state index contributed by atoms with van der Waals surface area (Å²) >= 11 is 1.12. The van der Waals surface area contributed by atoms with E-state index in [0.29, 0.717) is 10.6 Å². The Labute approximate surface area is 132 Å². The van der Waals surface area contributed by atoms with Gasteiger partial charge in [-0.05, 0) is 48.9 Å². The molecule has 4 nitrogen and oxygen atoms in total. The predicted molar refractivity (Wildman–Crippen MR) is 85.6 cm³/mol. The number of carbonyl (C=O) groups is 1. The number of hydrogen-bond acceptors (Lipinski definition) is 4. The normalized spacial score (nSPS) is 11.3. The van der Waals surface area contributed by atoms with Crippen molar-refractivity contribution >= 4 is 23.4 Å². The summed E-state index contributed by atoms with van der Waals surface area (Å²) in [5.41, 5.74) is 3.84. The molecule has 0 aliphatic heterocycles. The van der Waals surface area contributed by atoms with Gasteiger partial charge in [0.2, 0.25) is 5.91 Å². The van der Waals surface area contributed by atoms with Crippen LogP contribution in [0.5, 0.6) is 5.75 Å². The van der Waals surface area contributed by atoms with E-state index in [0.717, 1.165) is 17.3 Å². The van der Waals surface area contributed by atoms with Gasteiger partial charge in [0.15, 0.2) is 0 Å². The van der Waals surface area contributed by atoms with Crippen molar-refractivity contribution in [3.8, 4) is 5.75 Å². The lowest BCUT2D eigenvalue weighted by atomic mass is 10.1. The Balaban J connectivity index is 1.88. The van der Waals surface area contributed by atoms with Crippen LogP contribution in [0, 0.1) is 5.82 Å². The second-order valence-electron chi connectivity index (χ2n) is 4.50. The molecule has 0 saturated heterocycles. The average Bonchev–Trinajstić information content (AvgIpc) is 2.52. The number of phenols is 1. The van der Waals surface area contributed by atoms with Crippen LogP contribution in [-0.2, 0) is 4.79 Å². The zero-order valence-corrected chi connectivity index (χ0v) is 12.7. The highest BCUT2D eigenvalue weighted by molar-refractivity contribution is 8.00. The van der Waals surface area contributed by atoms with Crippen LogP contribution in [0.2, 0.25) is 0 Å². The molecule has 0 aromatic heterocycles. The van der Waals surface area contributed by atoms with Crippen LogP contribution in [0.25, 0.3) is 0 Å². The number of carbonyl (C=O) groups excluding carboxylic acids is 1. The zero-order chi connectivity index (χ0) is 15.9. The summed E-state index contributed by atoms with van der Waals surface area (Å²) in [6, 6.07) is 12.8. The molecule has 6 heteroatoms. The molecule has 0 spiro atoms. The molecular weight excluding hydrogens is 303 g/mol. The number of hydrogen-bond donors (Lipinski definition) is 2. The Morgan fingerprint density at radius 2 is 1.91 bits per heavy atom. The molecular formula is C16H15FN2O2S. The van der Waals surface area contributed by atoms with Crippen LogP contribution in [0.3, 0.4) is 0 Å². The standard InChI is InChI=1S/C16H15FN2O2S/c1-11(12-6-8-13(20)9-7-12)18-19-16(21)10-22-15-5-3-2-4-14(15)17/h2-9,20H,10H2,1H3,(H,19,21)/b18-11+. The number of nitrogens with zero attached hydrogens (tertiary/aromatic N) is 1. The van der Waals surface area contributed by atoms with E-state index in [-0.39, 0.29) is 23.2 Å². The largest absolute Gasteiger partial charge is 0.508 e. The summed E-state index contributed by atoms with van der Waals surface area (Å²) in [6.45, 7) is 1.75. The first-order valence-corrected chi connectivity index (χ1v) is 7.54. The molecule has 2 aromatic rings. The van der Waals surface area contributed by atoms with Gasteiger partial charge in [0, 0.05) is 4.90 Å². The Hall–Kier alpha value is -2.34. The summed E-state index contributed by atoms with van der Waals surface area (Å²) in [5, 5.41) is 13.2. The number of nitrogens with one attached hydrogen (secondary N) is 1. The number of amides is 1. The van der Waals surface area contributed by atoms with Crippen molar-refractivity contribution in [2.24, 2.45) is 5.10 Å². The number of halogens is 1. The molecule has 0 unspecified atom stereocenters. The molecule has 2 rings (SSSR count). The Morgan fingerprint density at radius 1 is 1.23 bits per heavy atom. The van der Waals surface area contributed by atoms with E-state index >= 15 is 0 Å². The summed E-state index contributed by atoms with van der Waals surface area (Å²) in [5.74, 6) is -0.412. The Bertz CT molecular complexity index is 687. The molecule has 114 valence electrons. The van der Waals surface area contributed by atoms with Crippen LogP contribution < -0.4 is 5.43 Å². The second kappa shape index (κ2) is 7.61. The molecule has 1 amide bonds. The minimum atomic E-state index is -0.343. The molecule has 0 bridgehead atoms. The summed E-state index contributed by atoms with van der Waals surface area (Å²) in [7, 11) is 0. The second-order valence-corrected chi connectivity index (χ2v) is 5.52.